The van der Waals surface area contributed by atoms with Gasteiger partial charge in [-0.2, -0.15) is 0 Å². The summed E-state index contributed by atoms with van der Waals surface area (Å²) in [6, 6.07) is 8.33. The van der Waals surface area contributed by atoms with Gasteiger partial charge in [-0.3, -0.25) is 0 Å². The minimum absolute atomic E-state index is 0.0474. The molecular weight excluding hydrogens is 304 g/mol. The Labute approximate surface area is 144 Å². The van der Waals surface area contributed by atoms with Crippen LogP contribution in [0.5, 0.6) is 5.75 Å². The van der Waals surface area contributed by atoms with Crippen molar-refractivity contribution in [2.24, 2.45) is 11.8 Å². The van der Waals surface area contributed by atoms with E-state index in [0.717, 1.165) is 38.1 Å². The molecule has 24 heavy (non-hydrogen) atoms. The number of rotatable bonds is 6. The van der Waals surface area contributed by atoms with Crippen LogP contribution in [0.3, 0.4) is 0 Å². The third-order valence-electron chi connectivity index (χ3n) is 5.25. The van der Waals surface area contributed by atoms with Crippen LogP contribution in [0.2, 0.25) is 0 Å². The molecule has 1 saturated carbocycles. The van der Waals surface area contributed by atoms with Crippen molar-refractivity contribution in [2.75, 3.05) is 26.8 Å². The molecule has 1 atom stereocenters. The summed E-state index contributed by atoms with van der Waals surface area (Å²) in [5.74, 6) is 1.81. The quantitative estimate of drug-likeness (QED) is 0.841. The zero-order chi connectivity index (χ0) is 16.9. The van der Waals surface area contributed by atoms with E-state index in [4.69, 9.17) is 4.74 Å². The van der Waals surface area contributed by atoms with E-state index in [-0.39, 0.29) is 18.7 Å². The number of methoxy groups -OCH3 is 1. The number of hydrogen-bond acceptors (Lipinski definition) is 3. The maximum atomic E-state index is 12.6. The summed E-state index contributed by atoms with van der Waals surface area (Å²) < 4.78 is 5.29. The van der Waals surface area contributed by atoms with E-state index in [1.807, 2.05) is 23.1 Å². The third kappa shape index (κ3) is 4.41. The van der Waals surface area contributed by atoms with Crippen LogP contribution < -0.4 is 10.1 Å². The van der Waals surface area contributed by atoms with Crippen molar-refractivity contribution in [1.82, 2.24) is 10.2 Å². The second-order valence-corrected chi connectivity index (χ2v) is 7.06. The molecule has 5 heteroatoms. The number of ether oxygens (including phenoxy) is 1. The molecule has 0 radical (unpaired) electrons. The average Bonchev–Trinajstić information content (AvgIpc) is 3.46. The Kier molecular flexibility index (Phi) is 5.61. The number of aliphatic hydroxyl groups is 1. The Morgan fingerprint density at radius 1 is 1.33 bits per heavy atom. The first-order chi connectivity index (χ1) is 11.7. The maximum absolute atomic E-state index is 12.6. The van der Waals surface area contributed by atoms with Crippen LogP contribution >= 0.6 is 0 Å². The van der Waals surface area contributed by atoms with Gasteiger partial charge in [0.05, 0.1) is 7.11 Å². The minimum atomic E-state index is 0.0474. The number of urea groups is 1. The highest BCUT2D eigenvalue weighted by Gasteiger charge is 2.33. The van der Waals surface area contributed by atoms with Crippen LogP contribution in [0, 0.1) is 11.8 Å². The van der Waals surface area contributed by atoms with E-state index in [9.17, 15) is 9.90 Å². The predicted octanol–water partition coefficient (Wildman–Crippen LogP) is 2.43. The monoisotopic (exact) mass is 332 g/mol. The van der Waals surface area contributed by atoms with Crippen molar-refractivity contribution in [3.63, 3.8) is 0 Å². The zero-order valence-corrected chi connectivity index (χ0v) is 14.4. The van der Waals surface area contributed by atoms with E-state index in [0.29, 0.717) is 11.8 Å². The van der Waals surface area contributed by atoms with Crippen molar-refractivity contribution in [2.45, 2.75) is 38.1 Å². The Hall–Kier alpha value is -1.75. The largest absolute Gasteiger partial charge is 0.497 e. The van der Waals surface area contributed by atoms with E-state index in [2.05, 4.69) is 11.4 Å². The molecule has 132 valence electrons. The summed E-state index contributed by atoms with van der Waals surface area (Å²) in [7, 11) is 1.68. The summed E-state index contributed by atoms with van der Waals surface area (Å²) in [6.45, 7) is 1.72. The van der Waals surface area contributed by atoms with Gasteiger partial charge in [-0.15, -0.1) is 0 Å². The van der Waals surface area contributed by atoms with Gasteiger partial charge in [-0.25, -0.2) is 4.79 Å². The second-order valence-electron chi connectivity index (χ2n) is 7.06. The lowest BCUT2D eigenvalue weighted by molar-refractivity contribution is 0.135. The molecule has 2 N–H and O–H groups in total. The standard InChI is InChI=1S/C19H28N2O3/c1-24-17-4-2-3-15(11-17)12-18(16-5-6-16)20-19(23)21-9-7-14(13-22)8-10-21/h2-4,11,14,16,18,22H,5-10,12-13H2,1H3,(H,20,23). The number of amides is 2. The first kappa shape index (κ1) is 17.1. The van der Waals surface area contributed by atoms with Gasteiger partial charge in [0, 0.05) is 25.7 Å². The molecule has 1 heterocycles. The highest BCUT2D eigenvalue weighted by Crippen LogP contribution is 2.34. The number of carbonyl (C=O) groups is 1. The predicted molar refractivity (Wildman–Crippen MR) is 93.1 cm³/mol. The fourth-order valence-corrected chi connectivity index (χ4v) is 3.46. The lowest BCUT2D eigenvalue weighted by Gasteiger charge is -2.32. The molecule has 1 unspecified atom stereocenters. The molecule has 1 aliphatic carbocycles. The van der Waals surface area contributed by atoms with E-state index in [1.165, 1.54) is 18.4 Å². The highest BCUT2D eigenvalue weighted by molar-refractivity contribution is 5.74. The Bertz CT molecular complexity index is 551. The van der Waals surface area contributed by atoms with Gasteiger partial charge >= 0.3 is 6.03 Å². The molecule has 1 aliphatic heterocycles. The van der Waals surface area contributed by atoms with Crippen molar-refractivity contribution in [1.29, 1.82) is 0 Å². The smallest absolute Gasteiger partial charge is 0.317 e. The van der Waals surface area contributed by atoms with Crippen molar-refractivity contribution in [3.8, 4) is 5.75 Å². The van der Waals surface area contributed by atoms with Crippen LogP contribution in [0.4, 0.5) is 4.79 Å². The average molecular weight is 332 g/mol. The van der Waals surface area contributed by atoms with Gasteiger partial charge in [0.15, 0.2) is 0 Å². The summed E-state index contributed by atoms with van der Waals surface area (Å²) in [4.78, 5) is 14.5. The normalized spacial score (nSPS) is 19.8. The van der Waals surface area contributed by atoms with Crippen molar-refractivity contribution in [3.05, 3.63) is 29.8 Å². The zero-order valence-electron chi connectivity index (χ0n) is 14.4. The SMILES string of the molecule is COc1cccc(CC(NC(=O)N2CCC(CO)CC2)C2CC2)c1. The number of carbonyl (C=O) groups excluding carboxylic acids is 1. The van der Waals surface area contributed by atoms with Crippen LogP contribution in [-0.4, -0.2) is 48.9 Å². The molecule has 0 bridgehead atoms. The Morgan fingerprint density at radius 2 is 2.08 bits per heavy atom. The van der Waals surface area contributed by atoms with Crippen LogP contribution in [-0.2, 0) is 6.42 Å². The maximum Gasteiger partial charge on any atom is 0.317 e. The van der Waals surface area contributed by atoms with E-state index < -0.39 is 0 Å². The summed E-state index contributed by atoms with van der Waals surface area (Å²) in [6.07, 6.45) is 5.03. The van der Waals surface area contributed by atoms with Gasteiger partial charge in [0.2, 0.25) is 0 Å². The molecule has 1 aromatic carbocycles. The lowest BCUT2D eigenvalue weighted by Crippen LogP contribution is -2.49. The van der Waals surface area contributed by atoms with Gasteiger partial charge in [-0.1, -0.05) is 12.1 Å². The topological polar surface area (TPSA) is 61.8 Å². The number of nitrogens with zero attached hydrogens (tertiary/aromatic N) is 1. The highest BCUT2D eigenvalue weighted by atomic mass is 16.5. The Morgan fingerprint density at radius 3 is 2.71 bits per heavy atom. The fourth-order valence-electron chi connectivity index (χ4n) is 3.46. The van der Waals surface area contributed by atoms with Gasteiger partial charge in [0.1, 0.15) is 5.75 Å². The van der Waals surface area contributed by atoms with Crippen molar-refractivity contribution < 1.29 is 14.6 Å². The molecule has 3 rings (SSSR count). The van der Waals surface area contributed by atoms with E-state index >= 15 is 0 Å². The molecule has 1 saturated heterocycles. The molecule has 0 spiro atoms. The van der Waals surface area contributed by atoms with Crippen LogP contribution in [0.1, 0.15) is 31.2 Å². The number of benzene rings is 1. The number of hydrogen-bond donors (Lipinski definition) is 2. The second kappa shape index (κ2) is 7.88. The molecule has 2 aliphatic rings. The summed E-state index contributed by atoms with van der Waals surface area (Å²) in [5, 5.41) is 12.5. The first-order valence-corrected chi connectivity index (χ1v) is 8.99. The molecule has 2 amide bonds. The number of nitrogens with one attached hydrogen (secondary N) is 1. The third-order valence-corrected chi connectivity index (χ3v) is 5.25. The van der Waals surface area contributed by atoms with Crippen LogP contribution in [0.25, 0.3) is 0 Å². The molecule has 2 fully saturated rings. The Balaban J connectivity index is 1.57. The number of piperidine rings is 1. The first-order valence-electron chi connectivity index (χ1n) is 8.99. The van der Waals surface area contributed by atoms with Gasteiger partial charge in [0.25, 0.3) is 0 Å². The molecular formula is C19H28N2O3. The van der Waals surface area contributed by atoms with Crippen LogP contribution in [0.15, 0.2) is 24.3 Å². The van der Waals surface area contributed by atoms with Gasteiger partial charge in [-0.05, 0) is 61.6 Å². The molecule has 1 aromatic rings. The summed E-state index contributed by atoms with van der Waals surface area (Å²) >= 11 is 0. The molecule has 5 nitrogen and oxygen atoms in total. The fraction of sp³-hybridized carbons (Fsp3) is 0.632. The minimum Gasteiger partial charge on any atom is -0.497 e. The number of likely N-dealkylation sites (tertiary alicyclic amines) is 1. The van der Waals surface area contributed by atoms with Crippen molar-refractivity contribution >= 4 is 6.03 Å². The van der Waals surface area contributed by atoms with Gasteiger partial charge < -0.3 is 20.1 Å². The lowest BCUT2D eigenvalue weighted by atomic mass is 9.98. The summed E-state index contributed by atoms with van der Waals surface area (Å²) in [5.41, 5.74) is 1.20. The van der Waals surface area contributed by atoms with E-state index in [1.54, 1.807) is 7.11 Å². The number of aliphatic hydroxyl groups excluding tert-OH is 1. The molecule has 0 aromatic heterocycles.